The first kappa shape index (κ1) is 24.6. The van der Waals surface area contributed by atoms with E-state index in [9.17, 15) is 35.1 Å². The lowest BCUT2D eigenvalue weighted by molar-refractivity contribution is -0.301. The maximum atomic E-state index is 14.0. The van der Waals surface area contributed by atoms with Crippen LogP contribution in [0.3, 0.4) is 0 Å². The summed E-state index contributed by atoms with van der Waals surface area (Å²) in [5, 5.41) is 0. The predicted octanol–water partition coefficient (Wildman–Crippen LogP) is 6.62. The predicted molar refractivity (Wildman–Crippen MR) is 109 cm³/mol. The third-order valence-electron chi connectivity index (χ3n) is 5.29. The Morgan fingerprint density at radius 2 is 1.37 bits per heavy atom. The minimum atomic E-state index is -5.68. The molecule has 4 rings (SSSR count). The second kappa shape index (κ2) is 9.23. The summed E-state index contributed by atoms with van der Waals surface area (Å²) in [6.45, 7) is 0. The summed E-state index contributed by atoms with van der Waals surface area (Å²) in [6, 6.07) is 8.88. The van der Waals surface area contributed by atoms with E-state index in [1.165, 1.54) is 6.07 Å². The molecule has 1 unspecified atom stereocenters. The van der Waals surface area contributed by atoms with E-state index in [0.717, 1.165) is 30.1 Å². The van der Waals surface area contributed by atoms with E-state index in [4.69, 9.17) is 0 Å². The largest absolute Gasteiger partial charge is 0.441 e. The number of alkyl halides is 6. The van der Waals surface area contributed by atoms with Crippen molar-refractivity contribution in [3.05, 3.63) is 77.6 Å². The highest BCUT2D eigenvalue weighted by Crippen LogP contribution is 2.36. The molecule has 35 heavy (non-hydrogen) atoms. The normalized spacial score (nSPS) is 16.5. The molecule has 0 saturated carbocycles. The lowest BCUT2D eigenvalue weighted by Crippen LogP contribution is -2.46. The molecule has 2 aromatic carbocycles. The summed E-state index contributed by atoms with van der Waals surface area (Å²) in [7, 11) is 0. The van der Waals surface area contributed by atoms with Gasteiger partial charge < -0.3 is 4.74 Å². The number of ether oxygens (including phenoxy) is 1. The van der Waals surface area contributed by atoms with Crippen molar-refractivity contribution >= 4 is 5.71 Å². The van der Waals surface area contributed by atoms with Crippen LogP contribution in [0, 0.1) is 11.6 Å². The fourth-order valence-corrected chi connectivity index (χ4v) is 3.64. The molecule has 0 aliphatic carbocycles. The molecule has 184 valence electrons. The number of aliphatic imine (C=N–C) groups is 1. The molecule has 0 bridgehead atoms. The van der Waals surface area contributed by atoms with Crippen molar-refractivity contribution in [2.45, 2.75) is 37.3 Å². The highest BCUT2D eigenvalue weighted by atomic mass is 19.4. The monoisotopic (exact) mass is 501 g/mol. The number of hydrogen-bond donors (Lipinski definition) is 0. The van der Waals surface area contributed by atoms with Gasteiger partial charge in [-0.1, -0.05) is 30.3 Å². The number of aromatic nitrogens is 2. The molecular weight excluding hydrogens is 486 g/mol. The van der Waals surface area contributed by atoms with Crippen LogP contribution in [-0.4, -0.2) is 34.1 Å². The van der Waals surface area contributed by atoms with Crippen LogP contribution in [0.25, 0.3) is 11.1 Å². The second-order valence-corrected chi connectivity index (χ2v) is 7.68. The second-order valence-electron chi connectivity index (χ2n) is 7.68. The molecule has 1 atom stereocenters. The zero-order valence-corrected chi connectivity index (χ0v) is 17.5. The average molecular weight is 501 g/mol. The van der Waals surface area contributed by atoms with Crippen molar-refractivity contribution in [3.63, 3.8) is 0 Å². The van der Waals surface area contributed by atoms with E-state index in [0.29, 0.717) is 29.7 Å². The fourth-order valence-electron chi connectivity index (χ4n) is 3.64. The van der Waals surface area contributed by atoms with Gasteiger partial charge in [-0.05, 0) is 36.1 Å². The Morgan fingerprint density at radius 1 is 0.800 bits per heavy atom. The van der Waals surface area contributed by atoms with Crippen LogP contribution >= 0.6 is 0 Å². The molecule has 4 nitrogen and oxygen atoms in total. The van der Waals surface area contributed by atoms with Crippen molar-refractivity contribution < 1.29 is 39.9 Å². The third-order valence-corrected chi connectivity index (χ3v) is 5.29. The number of benzene rings is 2. The molecule has 0 spiro atoms. The zero-order chi connectivity index (χ0) is 25.4. The summed E-state index contributed by atoms with van der Waals surface area (Å²) >= 11 is 0. The Balaban J connectivity index is 1.48. The topological polar surface area (TPSA) is 47.4 Å². The Bertz CT molecular complexity index is 1190. The van der Waals surface area contributed by atoms with Crippen molar-refractivity contribution in [2.75, 3.05) is 0 Å². The molecule has 0 saturated heterocycles. The van der Waals surface area contributed by atoms with Gasteiger partial charge in [-0.15, -0.1) is 0 Å². The molecule has 0 fully saturated rings. The van der Waals surface area contributed by atoms with E-state index in [1.54, 1.807) is 24.3 Å². The Kier molecular flexibility index (Phi) is 6.48. The minimum absolute atomic E-state index is 0.149. The van der Waals surface area contributed by atoms with E-state index in [-0.39, 0.29) is 11.6 Å². The van der Waals surface area contributed by atoms with E-state index < -0.39 is 36.1 Å². The molecule has 1 aliphatic rings. The number of nitrogens with zero attached hydrogens (tertiary/aromatic N) is 3. The average Bonchev–Trinajstić information content (AvgIpc) is 3.26. The maximum Gasteiger partial charge on any atom is 0.434 e. The van der Waals surface area contributed by atoms with Gasteiger partial charge in [-0.3, -0.25) is 4.99 Å². The summed E-state index contributed by atoms with van der Waals surface area (Å²) in [6.07, 6.45) is -12.4. The van der Waals surface area contributed by atoms with Gasteiger partial charge in [-0.2, -0.15) is 26.3 Å². The standard InChI is InChI=1S/C23H15F8N3O/c24-15-2-1-3-16(25)19(15)18-9-8-17(34-18)13-6-4-12(5-7-13)14-10-32-21(33-11-14)35-20(22(26,27)28)23(29,30)31/h1-7,10-11,17,20H,8-9H2. The van der Waals surface area contributed by atoms with Gasteiger partial charge in [0, 0.05) is 23.7 Å². The SMILES string of the molecule is Fc1cccc(F)c1C1=NC(c2ccc(-c3cnc(OC(C(F)(F)F)C(F)(F)F)nc3)cc2)CC1. The summed E-state index contributed by atoms with van der Waals surface area (Å²) in [5.41, 5.74) is 1.80. The van der Waals surface area contributed by atoms with Gasteiger partial charge in [0.25, 0.3) is 6.10 Å². The van der Waals surface area contributed by atoms with Crippen molar-refractivity contribution in [1.29, 1.82) is 0 Å². The Morgan fingerprint density at radius 3 is 1.91 bits per heavy atom. The third kappa shape index (κ3) is 5.41. The van der Waals surface area contributed by atoms with Crippen LogP contribution in [0.5, 0.6) is 6.01 Å². The quantitative estimate of drug-likeness (QED) is 0.370. The fraction of sp³-hybridized carbons (Fsp3) is 0.261. The van der Waals surface area contributed by atoms with E-state index in [1.807, 2.05) is 0 Å². The van der Waals surface area contributed by atoms with Gasteiger partial charge in [0.15, 0.2) is 0 Å². The van der Waals surface area contributed by atoms with Gasteiger partial charge >= 0.3 is 18.4 Å². The first-order chi connectivity index (χ1) is 16.4. The highest BCUT2D eigenvalue weighted by Gasteiger charge is 2.59. The number of halogens is 8. The molecule has 3 aromatic rings. The van der Waals surface area contributed by atoms with Crippen LogP contribution in [0.15, 0.2) is 59.9 Å². The molecule has 1 aliphatic heterocycles. The number of rotatable bonds is 5. The molecular formula is C23H15F8N3O. The summed E-state index contributed by atoms with van der Waals surface area (Å²) in [5.74, 6) is -1.38. The molecule has 0 N–H and O–H groups in total. The van der Waals surface area contributed by atoms with Gasteiger partial charge in [0.2, 0.25) is 0 Å². The lowest BCUT2D eigenvalue weighted by atomic mass is 10.0. The van der Waals surface area contributed by atoms with Crippen LogP contribution in [0.1, 0.15) is 30.0 Å². The molecule has 1 aromatic heterocycles. The minimum Gasteiger partial charge on any atom is -0.441 e. The van der Waals surface area contributed by atoms with Gasteiger partial charge in [0.1, 0.15) is 11.6 Å². The highest BCUT2D eigenvalue weighted by molar-refractivity contribution is 6.02. The smallest absolute Gasteiger partial charge is 0.434 e. The number of hydrogen-bond acceptors (Lipinski definition) is 4. The molecule has 2 heterocycles. The van der Waals surface area contributed by atoms with Crippen LogP contribution in [0.4, 0.5) is 35.1 Å². The molecule has 0 radical (unpaired) electrons. The maximum absolute atomic E-state index is 14.0. The van der Waals surface area contributed by atoms with Crippen LogP contribution in [0.2, 0.25) is 0 Å². The van der Waals surface area contributed by atoms with Crippen molar-refractivity contribution in [1.82, 2.24) is 9.97 Å². The summed E-state index contributed by atoms with van der Waals surface area (Å²) in [4.78, 5) is 11.4. The van der Waals surface area contributed by atoms with Gasteiger partial charge in [-0.25, -0.2) is 18.7 Å². The lowest BCUT2D eigenvalue weighted by Gasteiger charge is -2.22. The molecule has 0 amide bonds. The first-order valence-corrected chi connectivity index (χ1v) is 10.2. The van der Waals surface area contributed by atoms with Crippen molar-refractivity contribution in [2.24, 2.45) is 4.99 Å². The van der Waals surface area contributed by atoms with Crippen LogP contribution in [-0.2, 0) is 0 Å². The van der Waals surface area contributed by atoms with Crippen LogP contribution < -0.4 is 4.74 Å². The van der Waals surface area contributed by atoms with Crippen molar-refractivity contribution in [3.8, 4) is 17.1 Å². The van der Waals surface area contributed by atoms with Gasteiger partial charge in [0.05, 0.1) is 11.6 Å². The van der Waals surface area contributed by atoms with E-state index >= 15 is 0 Å². The Labute approximate surface area is 193 Å². The first-order valence-electron chi connectivity index (χ1n) is 10.2. The zero-order valence-electron chi connectivity index (χ0n) is 17.5. The Hall–Kier alpha value is -3.57. The van der Waals surface area contributed by atoms with E-state index in [2.05, 4.69) is 19.7 Å². The summed E-state index contributed by atoms with van der Waals surface area (Å²) < 4.78 is 108. The molecule has 12 heteroatoms.